The van der Waals surface area contributed by atoms with E-state index in [-0.39, 0.29) is 11.7 Å². The molecule has 0 fully saturated rings. The predicted octanol–water partition coefficient (Wildman–Crippen LogP) is 5.66. The molecule has 1 aromatic heterocycles. The van der Waals surface area contributed by atoms with Crippen LogP contribution < -0.4 is 10.1 Å². The van der Waals surface area contributed by atoms with Gasteiger partial charge >= 0.3 is 12.3 Å². The summed E-state index contributed by atoms with van der Waals surface area (Å²) >= 11 is 1.20. The summed E-state index contributed by atoms with van der Waals surface area (Å²) in [6, 6.07) is 13.6. The molecule has 9 heteroatoms. The molecule has 30 heavy (non-hydrogen) atoms. The Bertz CT molecular complexity index is 1070. The van der Waals surface area contributed by atoms with Crippen molar-refractivity contribution in [2.45, 2.75) is 6.36 Å². The Hall–Kier alpha value is -3.59. The van der Waals surface area contributed by atoms with Gasteiger partial charge in [0.2, 0.25) is 0 Å². The van der Waals surface area contributed by atoms with Crippen LogP contribution in [0.2, 0.25) is 0 Å². The quantitative estimate of drug-likeness (QED) is 0.492. The summed E-state index contributed by atoms with van der Waals surface area (Å²) in [6.07, 6.45) is -2.30. The lowest BCUT2D eigenvalue weighted by molar-refractivity contribution is -0.274. The Morgan fingerprint density at radius 2 is 1.67 bits per heavy atom. The van der Waals surface area contributed by atoms with Crippen LogP contribution in [0.1, 0.15) is 15.2 Å². The first-order chi connectivity index (χ1) is 14.2. The van der Waals surface area contributed by atoms with Gasteiger partial charge in [-0.25, -0.2) is 4.79 Å². The monoisotopic (exact) mass is 433 g/mol. The minimum absolute atomic E-state index is 0.318. The fraction of sp³-hybridized carbons (Fsp3) is 0.0476. The van der Waals surface area contributed by atoms with Gasteiger partial charge in [0.15, 0.2) is 0 Å². The first-order valence-corrected chi connectivity index (χ1v) is 9.35. The molecular weight excluding hydrogens is 419 g/mol. The fourth-order valence-electron chi connectivity index (χ4n) is 2.49. The number of aliphatic carboxylic acids is 1. The van der Waals surface area contributed by atoms with Crippen molar-refractivity contribution in [1.82, 2.24) is 0 Å². The number of carboxylic acids is 1. The number of amides is 1. The van der Waals surface area contributed by atoms with Gasteiger partial charge in [-0.15, -0.1) is 24.5 Å². The summed E-state index contributed by atoms with van der Waals surface area (Å²) in [4.78, 5) is 23.4. The largest absolute Gasteiger partial charge is 0.573 e. The topological polar surface area (TPSA) is 75.6 Å². The number of thiophene rings is 1. The Morgan fingerprint density at radius 3 is 2.27 bits per heavy atom. The SMILES string of the molecule is O=C(O)C=Cc1ccc(NC(=O)c2cc(-c3ccc(OC(F)(F)F)cc3)cs2)cc1. The molecule has 5 nitrogen and oxygen atoms in total. The molecule has 0 aliphatic carbocycles. The number of carboxylic acid groups (broad SMARTS) is 1. The molecule has 0 unspecified atom stereocenters. The summed E-state index contributed by atoms with van der Waals surface area (Å²) < 4.78 is 40.6. The zero-order valence-corrected chi connectivity index (χ0v) is 16.0. The number of anilines is 1. The highest BCUT2D eigenvalue weighted by Gasteiger charge is 2.31. The molecule has 154 valence electrons. The van der Waals surface area contributed by atoms with Crippen molar-refractivity contribution < 1.29 is 32.6 Å². The highest BCUT2D eigenvalue weighted by Crippen LogP contribution is 2.29. The van der Waals surface area contributed by atoms with E-state index >= 15 is 0 Å². The number of benzene rings is 2. The van der Waals surface area contributed by atoms with Crippen molar-refractivity contribution in [1.29, 1.82) is 0 Å². The number of nitrogens with one attached hydrogen (secondary N) is 1. The molecule has 1 amide bonds. The molecule has 1 heterocycles. The molecular formula is C21H14F3NO4S. The molecule has 3 aromatic rings. The van der Waals surface area contributed by atoms with Crippen molar-refractivity contribution in [3.05, 3.63) is 76.5 Å². The van der Waals surface area contributed by atoms with Crippen LogP contribution in [0.15, 0.2) is 66.1 Å². The van der Waals surface area contributed by atoms with Crippen molar-refractivity contribution >= 4 is 35.0 Å². The first-order valence-electron chi connectivity index (χ1n) is 8.47. The van der Waals surface area contributed by atoms with E-state index in [0.29, 0.717) is 27.3 Å². The summed E-state index contributed by atoms with van der Waals surface area (Å²) in [5, 5.41) is 13.1. The van der Waals surface area contributed by atoms with Gasteiger partial charge in [0.05, 0.1) is 4.88 Å². The number of hydrogen-bond donors (Lipinski definition) is 2. The molecule has 0 radical (unpaired) electrons. The third kappa shape index (κ3) is 5.95. The number of carbonyl (C=O) groups is 2. The number of carbonyl (C=O) groups excluding carboxylic acids is 1. The second-order valence-corrected chi connectivity index (χ2v) is 6.93. The lowest BCUT2D eigenvalue weighted by Crippen LogP contribution is -2.16. The lowest BCUT2D eigenvalue weighted by Gasteiger charge is -2.08. The maximum Gasteiger partial charge on any atom is 0.573 e. The number of hydrogen-bond acceptors (Lipinski definition) is 4. The van der Waals surface area contributed by atoms with Crippen LogP contribution in [-0.4, -0.2) is 23.3 Å². The first kappa shape index (κ1) is 21.1. The number of alkyl halides is 3. The van der Waals surface area contributed by atoms with E-state index in [4.69, 9.17) is 5.11 Å². The van der Waals surface area contributed by atoms with Crippen LogP contribution in [0.5, 0.6) is 5.75 Å². The van der Waals surface area contributed by atoms with Gasteiger partial charge < -0.3 is 15.2 Å². The van der Waals surface area contributed by atoms with Gasteiger partial charge in [0, 0.05) is 11.8 Å². The second kappa shape index (κ2) is 8.83. The molecule has 0 saturated heterocycles. The number of rotatable bonds is 6. The van der Waals surface area contributed by atoms with Gasteiger partial charge in [0.1, 0.15) is 5.75 Å². The highest BCUT2D eigenvalue weighted by molar-refractivity contribution is 7.12. The van der Waals surface area contributed by atoms with Crippen LogP contribution in [-0.2, 0) is 4.79 Å². The Balaban J connectivity index is 1.65. The molecule has 0 bridgehead atoms. The minimum atomic E-state index is -4.75. The molecule has 2 aromatic carbocycles. The normalized spacial score (nSPS) is 11.4. The van der Waals surface area contributed by atoms with Crippen LogP contribution in [0.3, 0.4) is 0 Å². The molecule has 0 saturated carbocycles. The van der Waals surface area contributed by atoms with Crippen LogP contribution in [0, 0.1) is 0 Å². The Morgan fingerprint density at radius 1 is 1.00 bits per heavy atom. The van der Waals surface area contributed by atoms with E-state index in [2.05, 4.69) is 10.1 Å². The van der Waals surface area contributed by atoms with E-state index < -0.39 is 12.3 Å². The van der Waals surface area contributed by atoms with E-state index in [1.165, 1.54) is 41.7 Å². The molecule has 0 aliphatic heterocycles. The third-order valence-electron chi connectivity index (χ3n) is 3.83. The van der Waals surface area contributed by atoms with Gasteiger partial charge in [-0.1, -0.05) is 24.3 Å². The summed E-state index contributed by atoms with van der Waals surface area (Å²) in [7, 11) is 0. The van der Waals surface area contributed by atoms with Gasteiger partial charge in [-0.3, -0.25) is 4.79 Å². The molecule has 2 N–H and O–H groups in total. The third-order valence-corrected chi connectivity index (χ3v) is 4.76. The van der Waals surface area contributed by atoms with Crippen LogP contribution in [0.25, 0.3) is 17.2 Å². The average Bonchev–Trinajstić information content (AvgIpc) is 3.17. The zero-order chi connectivity index (χ0) is 21.7. The summed E-state index contributed by atoms with van der Waals surface area (Å²) in [5.41, 5.74) is 2.55. The Kier molecular flexibility index (Phi) is 6.22. The van der Waals surface area contributed by atoms with Gasteiger partial charge in [-0.05, 0) is 58.5 Å². The maximum absolute atomic E-state index is 12.4. The van der Waals surface area contributed by atoms with E-state index in [1.54, 1.807) is 35.7 Å². The van der Waals surface area contributed by atoms with Crippen molar-refractivity contribution in [3.8, 4) is 16.9 Å². The summed E-state index contributed by atoms with van der Waals surface area (Å²) in [5.74, 6) is -1.71. The minimum Gasteiger partial charge on any atom is -0.478 e. The van der Waals surface area contributed by atoms with Crippen LogP contribution >= 0.6 is 11.3 Å². The molecule has 0 aliphatic rings. The molecule has 0 atom stereocenters. The van der Waals surface area contributed by atoms with E-state index in [9.17, 15) is 22.8 Å². The molecule has 3 rings (SSSR count). The zero-order valence-electron chi connectivity index (χ0n) is 15.1. The van der Waals surface area contributed by atoms with Crippen molar-refractivity contribution in [2.75, 3.05) is 5.32 Å². The second-order valence-electron chi connectivity index (χ2n) is 6.02. The fourth-order valence-corrected chi connectivity index (χ4v) is 3.30. The van der Waals surface area contributed by atoms with E-state index in [1.807, 2.05) is 0 Å². The standard InChI is InChI=1S/C21H14F3NO4S/c22-21(23,24)29-17-8-4-14(5-9-17)15-11-18(30-12-15)20(28)25-16-6-1-13(2-7-16)3-10-19(26)27/h1-12H,(H,25,28)(H,26,27). The number of ether oxygens (including phenoxy) is 1. The summed E-state index contributed by atoms with van der Waals surface area (Å²) in [6.45, 7) is 0. The molecule has 0 spiro atoms. The lowest BCUT2D eigenvalue weighted by atomic mass is 10.1. The van der Waals surface area contributed by atoms with Gasteiger partial charge in [0.25, 0.3) is 5.91 Å². The van der Waals surface area contributed by atoms with Crippen molar-refractivity contribution in [3.63, 3.8) is 0 Å². The average molecular weight is 433 g/mol. The van der Waals surface area contributed by atoms with Gasteiger partial charge in [-0.2, -0.15) is 0 Å². The Labute approximate surface area is 173 Å². The van der Waals surface area contributed by atoms with Crippen molar-refractivity contribution in [2.24, 2.45) is 0 Å². The smallest absolute Gasteiger partial charge is 0.478 e. The van der Waals surface area contributed by atoms with E-state index in [0.717, 1.165) is 6.08 Å². The predicted molar refractivity (Wildman–Crippen MR) is 108 cm³/mol. The number of halogens is 3. The van der Waals surface area contributed by atoms with Crippen LogP contribution in [0.4, 0.5) is 18.9 Å². The highest BCUT2D eigenvalue weighted by atomic mass is 32.1. The maximum atomic E-state index is 12.4.